The number of aliphatic hydroxyl groups is 1. The van der Waals surface area contributed by atoms with Crippen LogP contribution in [-0.4, -0.2) is 67.7 Å². The van der Waals surface area contributed by atoms with Gasteiger partial charge in [0, 0.05) is 35.1 Å². The maximum Gasteiger partial charge on any atom is 0.339 e. The molecular formula is C20H23IN2O7. The van der Waals surface area contributed by atoms with Gasteiger partial charge in [0.15, 0.2) is 0 Å². The summed E-state index contributed by atoms with van der Waals surface area (Å²) in [5.41, 5.74) is 0.862. The summed E-state index contributed by atoms with van der Waals surface area (Å²) in [4.78, 5) is 36.7. The van der Waals surface area contributed by atoms with E-state index in [1.807, 2.05) is 12.1 Å². The maximum absolute atomic E-state index is 12.6. The van der Waals surface area contributed by atoms with Gasteiger partial charge >= 0.3 is 5.97 Å². The first-order valence-electron chi connectivity index (χ1n) is 9.54. The van der Waals surface area contributed by atoms with Crippen LogP contribution in [0.15, 0.2) is 35.9 Å². The van der Waals surface area contributed by atoms with Crippen LogP contribution in [0.5, 0.6) is 0 Å². The smallest absolute Gasteiger partial charge is 0.339 e. The summed E-state index contributed by atoms with van der Waals surface area (Å²) < 4.78 is 17.5. The number of benzene rings is 1. The van der Waals surface area contributed by atoms with Crippen molar-refractivity contribution in [3.63, 3.8) is 0 Å². The van der Waals surface area contributed by atoms with Gasteiger partial charge in [-0.25, -0.2) is 4.79 Å². The molecule has 0 unspecified atom stereocenters. The standard InChI is InChI=1S/C20H23IN2O7/c21-14-4-2-1-3-13(14)20(27)30-16-10-12(9-15-18(16)29-11-28-15)19(26)23-6-5-17(25)22-7-8-24/h1-4,9,15-16,18,24H,5-8,10-11H2,(H,22,25)(H,23,26)/t15-,16-,18-/m1/s1. The lowest BCUT2D eigenvalue weighted by molar-refractivity contribution is -0.121. The molecule has 2 aliphatic rings. The molecule has 3 rings (SSSR count). The fourth-order valence-electron chi connectivity index (χ4n) is 3.24. The molecule has 162 valence electrons. The number of aliphatic hydroxyl groups excluding tert-OH is 1. The van der Waals surface area contributed by atoms with E-state index in [1.54, 1.807) is 18.2 Å². The van der Waals surface area contributed by atoms with Crippen molar-refractivity contribution >= 4 is 40.4 Å². The van der Waals surface area contributed by atoms with Gasteiger partial charge in [-0.05, 0) is 40.8 Å². The van der Waals surface area contributed by atoms with Gasteiger partial charge in [0.05, 0.1) is 12.2 Å². The lowest BCUT2D eigenvalue weighted by Crippen LogP contribution is -2.43. The van der Waals surface area contributed by atoms with E-state index in [9.17, 15) is 14.4 Å². The normalized spacial score (nSPS) is 22.6. The first-order chi connectivity index (χ1) is 14.5. The van der Waals surface area contributed by atoms with Crippen LogP contribution in [0.3, 0.4) is 0 Å². The molecule has 3 atom stereocenters. The predicted molar refractivity (Wildman–Crippen MR) is 113 cm³/mol. The third kappa shape index (κ3) is 5.78. The van der Waals surface area contributed by atoms with E-state index in [0.717, 1.165) is 3.57 Å². The average molecular weight is 530 g/mol. The van der Waals surface area contributed by atoms with Crippen LogP contribution in [0.1, 0.15) is 23.2 Å². The van der Waals surface area contributed by atoms with Crippen molar-refractivity contribution in [3.8, 4) is 0 Å². The molecule has 1 aliphatic heterocycles. The molecule has 0 radical (unpaired) electrons. The van der Waals surface area contributed by atoms with Crippen molar-refractivity contribution in [2.24, 2.45) is 0 Å². The molecule has 1 fully saturated rings. The van der Waals surface area contributed by atoms with Gasteiger partial charge in [-0.15, -0.1) is 0 Å². The molecule has 0 aromatic heterocycles. The fourth-order valence-corrected chi connectivity index (χ4v) is 3.85. The topological polar surface area (TPSA) is 123 Å². The maximum atomic E-state index is 12.6. The van der Waals surface area contributed by atoms with Crippen LogP contribution in [0, 0.1) is 3.57 Å². The number of hydrogen-bond acceptors (Lipinski definition) is 7. The Hall–Kier alpha value is -2.02. The van der Waals surface area contributed by atoms with E-state index < -0.39 is 24.3 Å². The van der Waals surface area contributed by atoms with Crippen molar-refractivity contribution in [1.82, 2.24) is 10.6 Å². The Labute approximate surface area is 187 Å². The second-order valence-electron chi connectivity index (χ2n) is 6.78. The summed E-state index contributed by atoms with van der Waals surface area (Å²) in [6.45, 7) is 0.234. The van der Waals surface area contributed by atoms with Gasteiger partial charge in [-0.2, -0.15) is 0 Å². The minimum atomic E-state index is -0.667. The SMILES string of the molecule is O=C(CCNC(=O)C1=C[C@H]2OCO[C@H]2[C@H](OC(=O)c2ccccc2I)C1)NCCO. The zero-order valence-corrected chi connectivity index (χ0v) is 18.3. The van der Waals surface area contributed by atoms with Gasteiger partial charge in [-0.3, -0.25) is 9.59 Å². The quantitative estimate of drug-likeness (QED) is 0.331. The molecular weight excluding hydrogens is 507 g/mol. The zero-order valence-electron chi connectivity index (χ0n) is 16.1. The Bertz CT molecular complexity index is 829. The highest BCUT2D eigenvalue weighted by Gasteiger charge is 2.42. The monoisotopic (exact) mass is 530 g/mol. The molecule has 30 heavy (non-hydrogen) atoms. The van der Waals surface area contributed by atoms with Crippen molar-refractivity contribution in [1.29, 1.82) is 0 Å². The van der Waals surface area contributed by atoms with E-state index in [4.69, 9.17) is 19.3 Å². The van der Waals surface area contributed by atoms with Gasteiger partial charge in [-0.1, -0.05) is 12.1 Å². The first kappa shape index (κ1) is 22.7. The summed E-state index contributed by atoms with van der Waals surface area (Å²) >= 11 is 2.07. The van der Waals surface area contributed by atoms with Gasteiger partial charge in [0.1, 0.15) is 25.1 Å². The lowest BCUT2D eigenvalue weighted by Gasteiger charge is -2.30. The number of hydrogen-bond donors (Lipinski definition) is 3. The number of nitrogens with one attached hydrogen (secondary N) is 2. The number of carbonyl (C=O) groups is 3. The molecule has 1 saturated heterocycles. The first-order valence-corrected chi connectivity index (χ1v) is 10.6. The number of amides is 2. The molecule has 3 N–H and O–H groups in total. The third-order valence-corrected chi connectivity index (χ3v) is 5.65. The molecule has 1 aliphatic carbocycles. The van der Waals surface area contributed by atoms with Crippen LogP contribution >= 0.6 is 22.6 Å². The Morgan fingerprint density at radius 2 is 1.97 bits per heavy atom. The molecule has 0 bridgehead atoms. The Morgan fingerprint density at radius 1 is 1.17 bits per heavy atom. The van der Waals surface area contributed by atoms with Crippen LogP contribution in [-0.2, 0) is 23.8 Å². The van der Waals surface area contributed by atoms with Crippen molar-refractivity contribution in [3.05, 3.63) is 45.0 Å². The Morgan fingerprint density at radius 3 is 2.73 bits per heavy atom. The highest BCUT2D eigenvalue weighted by molar-refractivity contribution is 14.1. The van der Waals surface area contributed by atoms with Crippen LogP contribution in [0.25, 0.3) is 0 Å². The number of carbonyl (C=O) groups excluding carboxylic acids is 3. The summed E-state index contributed by atoms with van der Waals surface area (Å²) in [5.74, 6) is -1.10. The molecule has 2 amide bonds. The molecule has 1 aromatic carbocycles. The number of fused-ring (bicyclic) bond motifs is 1. The highest BCUT2D eigenvalue weighted by Crippen LogP contribution is 2.31. The molecule has 1 aromatic rings. The van der Waals surface area contributed by atoms with Crippen LogP contribution in [0.4, 0.5) is 0 Å². The lowest BCUT2D eigenvalue weighted by atomic mass is 9.91. The van der Waals surface area contributed by atoms with E-state index in [1.165, 1.54) is 0 Å². The molecule has 10 heteroatoms. The van der Waals surface area contributed by atoms with Crippen LogP contribution < -0.4 is 10.6 Å². The number of esters is 1. The minimum Gasteiger partial charge on any atom is -0.455 e. The van der Waals surface area contributed by atoms with E-state index in [0.29, 0.717) is 11.1 Å². The largest absolute Gasteiger partial charge is 0.455 e. The van der Waals surface area contributed by atoms with Gasteiger partial charge in [0.2, 0.25) is 11.8 Å². The summed E-state index contributed by atoms with van der Waals surface area (Å²) in [6.07, 6.45) is 0.323. The highest BCUT2D eigenvalue weighted by atomic mass is 127. The van der Waals surface area contributed by atoms with E-state index >= 15 is 0 Å². The van der Waals surface area contributed by atoms with Gasteiger partial charge < -0.3 is 30.0 Å². The third-order valence-electron chi connectivity index (χ3n) is 4.71. The average Bonchev–Trinajstić information content (AvgIpc) is 3.21. The summed E-state index contributed by atoms with van der Waals surface area (Å²) in [7, 11) is 0. The predicted octanol–water partition coefficient (Wildman–Crippen LogP) is 0.503. The van der Waals surface area contributed by atoms with Gasteiger partial charge in [0.25, 0.3) is 0 Å². The molecule has 0 saturated carbocycles. The van der Waals surface area contributed by atoms with Crippen molar-refractivity contribution < 1.29 is 33.7 Å². The van der Waals surface area contributed by atoms with Crippen molar-refractivity contribution in [2.75, 3.05) is 26.5 Å². The number of rotatable bonds is 8. The second kappa shape index (κ2) is 10.8. The van der Waals surface area contributed by atoms with E-state index in [-0.39, 0.29) is 51.1 Å². The molecule has 1 heterocycles. The van der Waals surface area contributed by atoms with Crippen molar-refractivity contribution in [2.45, 2.75) is 31.2 Å². The minimum absolute atomic E-state index is 0.0582. The molecule has 0 spiro atoms. The zero-order chi connectivity index (χ0) is 21.5. The summed E-state index contributed by atoms with van der Waals surface area (Å²) in [6, 6.07) is 7.08. The Balaban J connectivity index is 1.60. The summed E-state index contributed by atoms with van der Waals surface area (Å²) in [5, 5.41) is 13.9. The Kier molecular flexibility index (Phi) is 8.19. The second-order valence-corrected chi connectivity index (χ2v) is 7.94. The van der Waals surface area contributed by atoms with E-state index in [2.05, 4.69) is 33.2 Å². The molecule has 9 nitrogen and oxygen atoms in total. The van der Waals surface area contributed by atoms with Crippen LogP contribution in [0.2, 0.25) is 0 Å². The number of ether oxygens (including phenoxy) is 3. The number of halogens is 1. The fraction of sp³-hybridized carbons (Fsp3) is 0.450.